The molecule has 2 heterocycles. The summed E-state index contributed by atoms with van der Waals surface area (Å²) in [6.07, 6.45) is 3.61. The van der Waals surface area contributed by atoms with Crippen molar-refractivity contribution in [2.45, 2.75) is 37.8 Å². The molecular formula is C20H20N4O4S2. The predicted molar refractivity (Wildman–Crippen MR) is 116 cm³/mol. The number of fused-ring (bicyclic) bond motifs is 2. The molecule has 10 heteroatoms. The van der Waals surface area contributed by atoms with Crippen molar-refractivity contribution in [3.8, 4) is 0 Å². The van der Waals surface area contributed by atoms with E-state index in [1.54, 1.807) is 25.1 Å². The average Bonchev–Trinajstić information content (AvgIpc) is 3.14. The van der Waals surface area contributed by atoms with Gasteiger partial charge in [-0.1, -0.05) is 23.1 Å². The number of benzene rings is 1. The van der Waals surface area contributed by atoms with Gasteiger partial charge in [0, 0.05) is 5.56 Å². The summed E-state index contributed by atoms with van der Waals surface area (Å²) in [4.78, 5) is 48.0. The number of aromatic nitrogens is 3. The topological polar surface area (TPSA) is 114 Å². The summed E-state index contributed by atoms with van der Waals surface area (Å²) >= 11 is 2.47. The molecule has 1 aliphatic carbocycles. The van der Waals surface area contributed by atoms with E-state index in [1.165, 1.54) is 23.1 Å². The minimum atomic E-state index is -0.388. The van der Waals surface area contributed by atoms with Crippen LogP contribution in [0.3, 0.4) is 0 Å². The molecule has 30 heavy (non-hydrogen) atoms. The molecule has 0 saturated heterocycles. The monoisotopic (exact) mass is 444 g/mol. The number of H-pyrrole nitrogens is 1. The Morgan fingerprint density at radius 2 is 2.10 bits per heavy atom. The Bertz CT molecular complexity index is 1170. The Morgan fingerprint density at radius 3 is 2.93 bits per heavy atom. The summed E-state index contributed by atoms with van der Waals surface area (Å²) in [5.41, 5.74) is 2.65. The van der Waals surface area contributed by atoms with E-state index in [-0.39, 0.29) is 23.2 Å². The van der Waals surface area contributed by atoms with Crippen LogP contribution in [0.2, 0.25) is 0 Å². The Morgan fingerprint density at radius 1 is 1.27 bits per heavy atom. The maximum atomic E-state index is 12.3. The van der Waals surface area contributed by atoms with Crippen molar-refractivity contribution in [1.29, 1.82) is 0 Å². The van der Waals surface area contributed by atoms with Gasteiger partial charge in [0.2, 0.25) is 5.91 Å². The highest BCUT2D eigenvalue weighted by molar-refractivity contribution is 7.99. The quantitative estimate of drug-likeness (QED) is 0.341. The SMILES string of the molecule is CCOC(=O)c1ccc2nc(NC(=O)CSc3nc4c(c(=O)[nH]3)CCCC4)sc2c1. The van der Waals surface area contributed by atoms with Gasteiger partial charge in [-0.3, -0.25) is 9.59 Å². The van der Waals surface area contributed by atoms with E-state index in [1.807, 2.05) is 0 Å². The van der Waals surface area contributed by atoms with Gasteiger partial charge in [0.25, 0.3) is 5.56 Å². The number of ether oxygens (including phenoxy) is 1. The van der Waals surface area contributed by atoms with Gasteiger partial charge in [-0.05, 0) is 50.8 Å². The largest absolute Gasteiger partial charge is 0.462 e. The van der Waals surface area contributed by atoms with E-state index < -0.39 is 0 Å². The van der Waals surface area contributed by atoms with E-state index in [0.29, 0.717) is 28.0 Å². The molecule has 1 aromatic carbocycles. The average molecular weight is 445 g/mol. The first-order valence-corrected chi connectivity index (χ1v) is 11.5. The Hall–Kier alpha value is -2.72. The van der Waals surface area contributed by atoms with Crippen LogP contribution < -0.4 is 10.9 Å². The van der Waals surface area contributed by atoms with Crippen molar-refractivity contribution in [3.63, 3.8) is 0 Å². The highest BCUT2D eigenvalue weighted by Gasteiger charge is 2.17. The number of aromatic amines is 1. The molecule has 2 aromatic heterocycles. The van der Waals surface area contributed by atoms with E-state index >= 15 is 0 Å². The third-order valence-electron chi connectivity index (χ3n) is 4.66. The zero-order chi connectivity index (χ0) is 21.1. The number of nitrogens with zero attached hydrogens (tertiary/aromatic N) is 2. The van der Waals surface area contributed by atoms with Gasteiger partial charge < -0.3 is 15.0 Å². The second-order valence-corrected chi connectivity index (χ2v) is 8.76. The lowest BCUT2D eigenvalue weighted by molar-refractivity contribution is -0.113. The third-order valence-corrected chi connectivity index (χ3v) is 6.46. The predicted octanol–water partition coefficient (Wildman–Crippen LogP) is 3.17. The molecular weight excluding hydrogens is 424 g/mol. The molecule has 0 bridgehead atoms. The van der Waals surface area contributed by atoms with Crippen molar-refractivity contribution in [1.82, 2.24) is 15.0 Å². The van der Waals surface area contributed by atoms with Crippen LogP contribution in [0.25, 0.3) is 10.2 Å². The minimum Gasteiger partial charge on any atom is -0.462 e. The van der Waals surface area contributed by atoms with Crippen LogP contribution in [0.5, 0.6) is 0 Å². The van der Waals surface area contributed by atoms with Gasteiger partial charge in [-0.25, -0.2) is 14.8 Å². The highest BCUT2D eigenvalue weighted by atomic mass is 32.2. The molecule has 0 fully saturated rings. The highest BCUT2D eigenvalue weighted by Crippen LogP contribution is 2.27. The lowest BCUT2D eigenvalue weighted by Gasteiger charge is -2.14. The summed E-state index contributed by atoms with van der Waals surface area (Å²) in [5.74, 6) is -0.530. The Labute approximate surface area is 180 Å². The summed E-state index contributed by atoms with van der Waals surface area (Å²) < 4.78 is 5.79. The first kappa shape index (κ1) is 20.5. The van der Waals surface area contributed by atoms with Crippen molar-refractivity contribution in [2.75, 3.05) is 17.7 Å². The van der Waals surface area contributed by atoms with Crippen molar-refractivity contribution in [2.24, 2.45) is 0 Å². The second-order valence-electron chi connectivity index (χ2n) is 6.76. The number of rotatable bonds is 6. The summed E-state index contributed by atoms with van der Waals surface area (Å²) in [5, 5.41) is 3.67. The van der Waals surface area contributed by atoms with Crippen molar-refractivity contribution in [3.05, 3.63) is 45.4 Å². The number of thiazole rings is 1. The van der Waals surface area contributed by atoms with Crippen LogP contribution in [0.15, 0.2) is 28.2 Å². The van der Waals surface area contributed by atoms with Gasteiger partial charge in [-0.2, -0.15) is 0 Å². The van der Waals surface area contributed by atoms with Gasteiger partial charge in [-0.15, -0.1) is 0 Å². The van der Waals surface area contributed by atoms with Crippen LogP contribution in [-0.4, -0.2) is 39.2 Å². The number of carbonyl (C=O) groups is 2. The minimum absolute atomic E-state index is 0.103. The van der Waals surface area contributed by atoms with E-state index in [4.69, 9.17) is 4.74 Å². The second kappa shape index (κ2) is 8.97. The number of amides is 1. The molecule has 1 aliphatic rings. The zero-order valence-corrected chi connectivity index (χ0v) is 18.0. The molecule has 0 saturated carbocycles. The molecule has 0 unspecified atom stereocenters. The maximum Gasteiger partial charge on any atom is 0.338 e. The number of aryl methyl sites for hydroxylation is 1. The smallest absolute Gasteiger partial charge is 0.338 e. The molecule has 8 nitrogen and oxygen atoms in total. The molecule has 4 rings (SSSR count). The summed E-state index contributed by atoms with van der Waals surface area (Å²) in [6.45, 7) is 2.06. The van der Waals surface area contributed by atoms with Gasteiger partial charge in [0.05, 0.1) is 33.8 Å². The molecule has 3 aromatic rings. The summed E-state index contributed by atoms with van der Waals surface area (Å²) in [6, 6.07) is 5.08. The fourth-order valence-electron chi connectivity index (χ4n) is 3.26. The maximum absolute atomic E-state index is 12.3. The number of hydrogen-bond acceptors (Lipinski definition) is 8. The van der Waals surface area contributed by atoms with Crippen LogP contribution >= 0.6 is 23.1 Å². The summed E-state index contributed by atoms with van der Waals surface area (Å²) in [7, 11) is 0. The van der Waals surface area contributed by atoms with E-state index in [9.17, 15) is 14.4 Å². The number of carbonyl (C=O) groups excluding carboxylic acids is 2. The van der Waals surface area contributed by atoms with Gasteiger partial charge in [0.1, 0.15) is 0 Å². The van der Waals surface area contributed by atoms with Crippen molar-refractivity contribution < 1.29 is 14.3 Å². The number of hydrogen-bond donors (Lipinski definition) is 2. The molecule has 156 valence electrons. The number of nitrogens with one attached hydrogen (secondary N) is 2. The first-order chi connectivity index (χ1) is 14.5. The Balaban J connectivity index is 1.40. The van der Waals surface area contributed by atoms with Crippen LogP contribution in [0.4, 0.5) is 5.13 Å². The third kappa shape index (κ3) is 4.54. The lowest BCUT2D eigenvalue weighted by Crippen LogP contribution is -2.22. The fraction of sp³-hybridized carbons (Fsp3) is 0.350. The molecule has 0 radical (unpaired) electrons. The van der Waals surface area contributed by atoms with Crippen molar-refractivity contribution >= 4 is 50.3 Å². The van der Waals surface area contributed by atoms with E-state index in [2.05, 4.69) is 20.3 Å². The first-order valence-electron chi connectivity index (χ1n) is 9.66. The fourth-order valence-corrected chi connectivity index (χ4v) is 4.86. The molecule has 2 N–H and O–H groups in total. The molecule has 0 atom stereocenters. The number of thioether (sulfide) groups is 1. The normalized spacial score (nSPS) is 13.1. The zero-order valence-electron chi connectivity index (χ0n) is 16.3. The molecule has 0 spiro atoms. The lowest BCUT2D eigenvalue weighted by atomic mass is 9.97. The standard InChI is InChI=1S/C20H20N4O4S2/c1-2-28-18(27)11-7-8-14-15(9-11)30-20(22-14)23-16(25)10-29-19-21-13-6-4-3-5-12(13)17(26)24-19/h7-9H,2-6,10H2,1H3,(H,21,24,26)(H,22,23,25). The van der Waals surface area contributed by atoms with Gasteiger partial charge in [0.15, 0.2) is 10.3 Å². The van der Waals surface area contributed by atoms with Gasteiger partial charge >= 0.3 is 5.97 Å². The van der Waals surface area contributed by atoms with Crippen LogP contribution in [-0.2, 0) is 22.4 Å². The number of anilines is 1. The molecule has 0 aliphatic heterocycles. The van der Waals surface area contributed by atoms with Crippen LogP contribution in [0.1, 0.15) is 41.4 Å². The van der Waals surface area contributed by atoms with E-state index in [0.717, 1.165) is 41.6 Å². The number of esters is 1. The Kier molecular flexibility index (Phi) is 6.14. The molecule has 1 amide bonds. The van der Waals surface area contributed by atoms with Crippen LogP contribution in [0, 0.1) is 0 Å².